The zero-order valence-corrected chi connectivity index (χ0v) is 13.2. The van der Waals surface area contributed by atoms with Gasteiger partial charge in [-0.25, -0.2) is 0 Å². The summed E-state index contributed by atoms with van der Waals surface area (Å²) in [7, 11) is 0. The molecule has 3 nitrogen and oxygen atoms in total. The first-order valence-electron chi connectivity index (χ1n) is 6.42. The summed E-state index contributed by atoms with van der Waals surface area (Å²) in [5.74, 6) is 0.0326. The molecule has 0 saturated heterocycles. The molecule has 0 aliphatic rings. The van der Waals surface area contributed by atoms with Gasteiger partial charge in [0, 0.05) is 14.8 Å². The molecule has 0 aliphatic heterocycles. The lowest BCUT2D eigenvalue weighted by Gasteiger charge is -2.08. The first-order chi connectivity index (χ1) is 10.1. The highest BCUT2D eigenvalue weighted by Crippen LogP contribution is 2.24. The summed E-state index contributed by atoms with van der Waals surface area (Å²) < 4.78 is 1.12. The molecule has 0 unspecified atom stereocenters. The van der Waals surface area contributed by atoms with Gasteiger partial charge in [0.2, 0.25) is 0 Å². The first kappa shape index (κ1) is 13.9. The fourth-order valence-electron chi connectivity index (χ4n) is 2.20. The Morgan fingerprint density at radius 2 is 1.76 bits per heavy atom. The molecule has 0 spiro atoms. The number of amides is 1. The molecule has 0 aromatic heterocycles. The number of carbonyl (C=O) groups excluding carboxylic acids is 1. The molecule has 0 atom stereocenters. The Kier molecular flexibility index (Phi) is 3.79. The number of hydrogen-bond donors (Lipinski definition) is 2. The summed E-state index contributed by atoms with van der Waals surface area (Å²) in [6, 6.07) is 18.1. The largest absolute Gasteiger partial charge is 0.508 e. The van der Waals surface area contributed by atoms with Crippen LogP contribution in [-0.2, 0) is 0 Å². The van der Waals surface area contributed by atoms with Crippen LogP contribution in [0.5, 0.6) is 5.75 Å². The predicted molar refractivity (Wildman–Crippen MR) is 92.7 cm³/mol. The smallest absolute Gasteiger partial charge is 0.256 e. The number of benzene rings is 3. The zero-order valence-electron chi connectivity index (χ0n) is 11.0. The molecule has 0 heterocycles. The van der Waals surface area contributed by atoms with Crippen molar-refractivity contribution in [1.29, 1.82) is 0 Å². The highest BCUT2D eigenvalue weighted by Gasteiger charge is 2.10. The Labute approximate surface area is 135 Å². The van der Waals surface area contributed by atoms with E-state index < -0.39 is 0 Å². The summed E-state index contributed by atoms with van der Waals surface area (Å²) in [6.45, 7) is 0. The lowest BCUT2D eigenvalue weighted by Crippen LogP contribution is -2.12. The van der Waals surface area contributed by atoms with Gasteiger partial charge in [0.05, 0.1) is 0 Å². The molecule has 3 aromatic carbocycles. The van der Waals surface area contributed by atoms with Gasteiger partial charge in [-0.2, -0.15) is 0 Å². The van der Waals surface area contributed by atoms with E-state index in [1.807, 2.05) is 36.4 Å². The molecule has 3 rings (SSSR count). The van der Waals surface area contributed by atoms with E-state index in [0.717, 1.165) is 20.0 Å². The van der Waals surface area contributed by atoms with Crippen molar-refractivity contribution >= 4 is 45.0 Å². The number of halogens is 1. The lowest BCUT2D eigenvalue weighted by molar-refractivity contribution is 0.102. The number of aromatic hydroxyl groups is 1. The van der Waals surface area contributed by atoms with Crippen LogP contribution in [0.2, 0.25) is 0 Å². The molecule has 0 fully saturated rings. The van der Waals surface area contributed by atoms with Gasteiger partial charge in [-0.3, -0.25) is 4.79 Å². The van der Waals surface area contributed by atoms with Crippen LogP contribution >= 0.6 is 22.6 Å². The Morgan fingerprint density at radius 1 is 1.00 bits per heavy atom. The summed E-state index contributed by atoms with van der Waals surface area (Å²) in [5, 5.41) is 14.1. The zero-order chi connectivity index (χ0) is 14.8. The molecule has 2 N–H and O–H groups in total. The molecular weight excluding hydrogens is 377 g/mol. The van der Waals surface area contributed by atoms with Gasteiger partial charge < -0.3 is 10.4 Å². The van der Waals surface area contributed by atoms with Crippen LogP contribution in [0.3, 0.4) is 0 Å². The van der Waals surface area contributed by atoms with E-state index in [4.69, 9.17) is 0 Å². The van der Waals surface area contributed by atoms with E-state index in [0.29, 0.717) is 5.56 Å². The Hall–Kier alpha value is -2.08. The molecule has 1 amide bonds. The van der Waals surface area contributed by atoms with Crippen molar-refractivity contribution in [2.75, 3.05) is 5.32 Å². The van der Waals surface area contributed by atoms with E-state index in [2.05, 4.69) is 27.9 Å². The van der Waals surface area contributed by atoms with E-state index >= 15 is 0 Å². The number of carbonyl (C=O) groups is 1. The van der Waals surface area contributed by atoms with Crippen molar-refractivity contribution in [3.63, 3.8) is 0 Å². The van der Waals surface area contributed by atoms with Crippen LogP contribution in [0, 0.1) is 3.57 Å². The average Bonchev–Trinajstić information content (AvgIpc) is 2.48. The quantitative estimate of drug-likeness (QED) is 0.639. The molecule has 0 aliphatic carbocycles. The van der Waals surface area contributed by atoms with Crippen LogP contribution < -0.4 is 5.32 Å². The van der Waals surface area contributed by atoms with E-state index in [-0.39, 0.29) is 11.7 Å². The lowest BCUT2D eigenvalue weighted by atomic mass is 10.0. The molecule has 0 radical (unpaired) electrons. The van der Waals surface area contributed by atoms with Crippen LogP contribution in [0.15, 0.2) is 60.7 Å². The third-order valence-corrected chi connectivity index (χ3v) is 3.93. The number of anilines is 1. The van der Waals surface area contributed by atoms with Gasteiger partial charge in [0.1, 0.15) is 5.75 Å². The van der Waals surface area contributed by atoms with E-state index in [1.165, 1.54) is 0 Å². The van der Waals surface area contributed by atoms with Crippen LogP contribution in [0.25, 0.3) is 10.8 Å². The van der Waals surface area contributed by atoms with Crippen LogP contribution in [-0.4, -0.2) is 11.0 Å². The maximum Gasteiger partial charge on any atom is 0.256 e. The third kappa shape index (κ3) is 3.00. The monoisotopic (exact) mass is 389 g/mol. The van der Waals surface area contributed by atoms with Gasteiger partial charge in [0.15, 0.2) is 0 Å². The fourth-order valence-corrected chi connectivity index (χ4v) is 2.56. The Morgan fingerprint density at radius 3 is 2.52 bits per heavy atom. The van der Waals surface area contributed by atoms with Crippen molar-refractivity contribution in [3.05, 3.63) is 69.8 Å². The Bertz CT molecular complexity index is 813. The molecule has 104 valence electrons. The second kappa shape index (κ2) is 5.73. The van der Waals surface area contributed by atoms with Crippen molar-refractivity contribution in [1.82, 2.24) is 0 Å². The number of rotatable bonds is 2. The van der Waals surface area contributed by atoms with Gasteiger partial charge in [-0.15, -0.1) is 0 Å². The number of nitrogens with one attached hydrogen (secondary N) is 1. The normalized spacial score (nSPS) is 10.5. The first-order valence-corrected chi connectivity index (χ1v) is 7.50. The maximum absolute atomic E-state index is 12.4. The van der Waals surface area contributed by atoms with Crippen molar-refractivity contribution in [2.24, 2.45) is 0 Å². The molecule has 4 heteroatoms. The van der Waals surface area contributed by atoms with Gasteiger partial charge in [-0.1, -0.05) is 12.1 Å². The summed E-state index contributed by atoms with van der Waals surface area (Å²) >= 11 is 2.22. The van der Waals surface area contributed by atoms with Crippen LogP contribution in [0.4, 0.5) is 5.69 Å². The molecule has 21 heavy (non-hydrogen) atoms. The van der Waals surface area contributed by atoms with E-state index in [9.17, 15) is 9.90 Å². The highest BCUT2D eigenvalue weighted by atomic mass is 127. The summed E-state index contributed by atoms with van der Waals surface area (Å²) in [5.41, 5.74) is 1.35. The topological polar surface area (TPSA) is 49.3 Å². The van der Waals surface area contributed by atoms with Gasteiger partial charge in [0.25, 0.3) is 5.91 Å². The standard InChI is InChI=1S/C17H12INO2/c18-12-4-6-13(7-5-12)19-17(21)16-3-1-2-11-10-14(20)8-9-15(11)16/h1-10,20H,(H,19,21). The van der Waals surface area contributed by atoms with Gasteiger partial charge >= 0.3 is 0 Å². The molecular formula is C17H12INO2. The molecule has 0 saturated carbocycles. The minimum Gasteiger partial charge on any atom is -0.508 e. The molecule has 3 aromatic rings. The SMILES string of the molecule is O=C(Nc1ccc(I)cc1)c1cccc2cc(O)ccc12. The maximum atomic E-state index is 12.4. The number of hydrogen-bond acceptors (Lipinski definition) is 2. The number of phenolic OH excluding ortho intramolecular Hbond substituents is 1. The molecule has 0 bridgehead atoms. The second-order valence-corrected chi connectivity index (χ2v) is 5.92. The van der Waals surface area contributed by atoms with Gasteiger partial charge in [-0.05, 0) is 81.9 Å². The van der Waals surface area contributed by atoms with Crippen molar-refractivity contribution in [3.8, 4) is 5.75 Å². The third-order valence-electron chi connectivity index (χ3n) is 3.21. The van der Waals surface area contributed by atoms with Crippen molar-refractivity contribution in [2.45, 2.75) is 0 Å². The summed E-state index contributed by atoms with van der Waals surface area (Å²) in [6.07, 6.45) is 0. The second-order valence-electron chi connectivity index (χ2n) is 4.67. The minimum atomic E-state index is -0.160. The predicted octanol–water partition coefficient (Wildman–Crippen LogP) is 4.40. The Balaban J connectivity index is 1.96. The average molecular weight is 389 g/mol. The minimum absolute atomic E-state index is 0.160. The van der Waals surface area contributed by atoms with E-state index in [1.54, 1.807) is 24.3 Å². The fraction of sp³-hybridized carbons (Fsp3) is 0. The number of phenols is 1. The highest BCUT2D eigenvalue weighted by molar-refractivity contribution is 14.1. The number of fused-ring (bicyclic) bond motifs is 1. The van der Waals surface area contributed by atoms with Crippen molar-refractivity contribution < 1.29 is 9.90 Å². The van der Waals surface area contributed by atoms with Crippen LogP contribution in [0.1, 0.15) is 10.4 Å². The summed E-state index contributed by atoms with van der Waals surface area (Å²) in [4.78, 5) is 12.4.